The summed E-state index contributed by atoms with van der Waals surface area (Å²) in [4.78, 5) is 12.1. The van der Waals surface area contributed by atoms with Crippen LogP contribution in [0, 0.1) is 0 Å². The summed E-state index contributed by atoms with van der Waals surface area (Å²) in [6.07, 6.45) is 3.09. The molecule has 0 spiro atoms. The number of nitrogens with one attached hydrogen (secondary N) is 1. The molecule has 0 atom stereocenters. The van der Waals surface area contributed by atoms with E-state index in [2.05, 4.69) is 5.32 Å². The topological polar surface area (TPSA) is 56.8 Å². The van der Waals surface area contributed by atoms with Gasteiger partial charge in [-0.2, -0.15) is 0 Å². The summed E-state index contributed by atoms with van der Waals surface area (Å²) in [6.45, 7) is 1.11. The molecular formula is C18H17NO4. The van der Waals surface area contributed by atoms with Gasteiger partial charge in [0.05, 0.1) is 7.11 Å². The lowest BCUT2D eigenvalue weighted by molar-refractivity contribution is 0.104. The van der Waals surface area contributed by atoms with E-state index in [1.54, 1.807) is 37.6 Å². The number of carbonyl (C=O) groups is 1. The quantitative estimate of drug-likeness (QED) is 0.678. The highest BCUT2D eigenvalue weighted by Crippen LogP contribution is 2.32. The maximum atomic E-state index is 12.1. The molecular weight excluding hydrogens is 294 g/mol. The van der Waals surface area contributed by atoms with Gasteiger partial charge in [-0.3, -0.25) is 4.79 Å². The lowest BCUT2D eigenvalue weighted by Gasteiger charge is -2.18. The molecule has 118 valence electrons. The number of fused-ring (bicyclic) bond motifs is 1. The number of rotatable bonds is 5. The van der Waals surface area contributed by atoms with Crippen molar-refractivity contribution in [3.63, 3.8) is 0 Å². The van der Waals surface area contributed by atoms with Gasteiger partial charge in [-0.05, 0) is 36.4 Å². The van der Waals surface area contributed by atoms with Gasteiger partial charge < -0.3 is 19.5 Å². The van der Waals surface area contributed by atoms with E-state index < -0.39 is 0 Å². The van der Waals surface area contributed by atoms with Crippen LogP contribution < -0.4 is 19.5 Å². The maximum Gasteiger partial charge on any atom is 0.187 e. The predicted octanol–water partition coefficient (Wildman–Crippen LogP) is 3.27. The van der Waals surface area contributed by atoms with Gasteiger partial charge >= 0.3 is 0 Å². The molecule has 0 aliphatic carbocycles. The Balaban J connectivity index is 1.62. The molecule has 3 rings (SSSR count). The molecule has 5 heteroatoms. The van der Waals surface area contributed by atoms with Crippen molar-refractivity contribution >= 4 is 11.5 Å². The SMILES string of the molecule is COc1ccc(C(=O)C=CNc2ccc3c(c2)OCCO3)cc1. The van der Waals surface area contributed by atoms with Crippen molar-refractivity contribution in [1.29, 1.82) is 0 Å². The second-order valence-corrected chi connectivity index (χ2v) is 4.93. The summed E-state index contributed by atoms with van der Waals surface area (Å²) >= 11 is 0. The third-order valence-corrected chi connectivity index (χ3v) is 3.40. The van der Waals surface area contributed by atoms with E-state index in [1.807, 2.05) is 18.2 Å². The van der Waals surface area contributed by atoms with Crippen molar-refractivity contribution in [2.45, 2.75) is 0 Å². The molecule has 0 radical (unpaired) electrons. The molecule has 0 bridgehead atoms. The summed E-state index contributed by atoms with van der Waals surface area (Å²) < 4.78 is 16.0. The highest BCUT2D eigenvalue weighted by molar-refractivity contribution is 6.04. The highest BCUT2D eigenvalue weighted by atomic mass is 16.6. The molecule has 23 heavy (non-hydrogen) atoms. The van der Waals surface area contributed by atoms with Crippen LogP contribution in [-0.4, -0.2) is 26.1 Å². The fourth-order valence-corrected chi connectivity index (χ4v) is 2.20. The number of benzene rings is 2. The van der Waals surface area contributed by atoms with Crippen LogP contribution in [0.2, 0.25) is 0 Å². The molecule has 0 saturated carbocycles. The molecule has 5 nitrogen and oxygen atoms in total. The van der Waals surface area contributed by atoms with E-state index in [-0.39, 0.29) is 5.78 Å². The average molecular weight is 311 g/mol. The van der Waals surface area contributed by atoms with E-state index in [9.17, 15) is 4.79 Å². The summed E-state index contributed by atoms with van der Waals surface area (Å²) in [5.74, 6) is 2.08. The van der Waals surface area contributed by atoms with Crippen LogP contribution in [0.15, 0.2) is 54.7 Å². The first-order valence-corrected chi connectivity index (χ1v) is 7.27. The van der Waals surface area contributed by atoms with Crippen molar-refractivity contribution < 1.29 is 19.0 Å². The van der Waals surface area contributed by atoms with Crippen molar-refractivity contribution in [1.82, 2.24) is 0 Å². The molecule has 2 aromatic rings. The van der Waals surface area contributed by atoms with Gasteiger partial charge in [0.2, 0.25) is 0 Å². The summed E-state index contributed by atoms with van der Waals surface area (Å²) in [5.41, 5.74) is 1.43. The maximum absolute atomic E-state index is 12.1. The fourth-order valence-electron chi connectivity index (χ4n) is 2.20. The van der Waals surface area contributed by atoms with Gasteiger partial charge in [0.15, 0.2) is 17.3 Å². The van der Waals surface area contributed by atoms with E-state index in [0.717, 1.165) is 17.2 Å². The van der Waals surface area contributed by atoms with Gasteiger partial charge in [-0.25, -0.2) is 0 Å². The smallest absolute Gasteiger partial charge is 0.187 e. The normalized spacial score (nSPS) is 12.9. The number of hydrogen-bond donors (Lipinski definition) is 1. The van der Waals surface area contributed by atoms with E-state index in [0.29, 0.717) is 24.5 Å². The Hall–Kier alpha value is -2.95. The average Bonchev–Trinajstić information content (AvgIpc) is 2.61. The number of anilines is 1. The minimum absolute atomic E-state index is 0.0855. The van der Waals surface area contributed by atoms with Crippen LogP contribution in [-0.2, 0) is 0 Å². The van der Waals surface area contributed by atoms with Gasteiger partial charge in [0, 0.05) is 29.6 Å². The summed E-state index contributed by atoms with van der Waals surface area (Å²) in [7, 11) is 1.59. The third-order valence-electron chi connectivity index (χ3n) is 3.40. The van der Waals surface area contributed by atoms with Crippen LogP contribution in [0.3, 0.4) is 0 Å². The Morgan fingerprint density at radius 2 is 1.83 bits per heavy atom. The van der Waals surface area contributed by atoms with Crippen molar-refractivity contribution in [2.75, 3.05) is 25.6 Å². The van der Waals surface area contributed by atoms with Crippen LogP contribution in [0.1, 0.15) is 10.4 Å². The lowest BCUT2D eigenvalue weighted by Crippen LogP contribution is -2.15. The zero-order valence-electron chi connectivity index (χ0n) is 12.7. The highest BCUT2D eigenvalue weighted by Gasteiger charge is 2.11. The molecule has 0 aromatic heterocycles. The number of methoxy groups -OCH3 is 1. The fraction of sp³-hybridized carbons (Fsp3) is 0.167. The second-order valence-electron chi connectivity index (χ2n) is 4.93. The minimum Gasteiger partial charge on any atom is -0.497 e. The molecule has 0 saturated heterocycles. The molecule has 1 aliphatic rings. The monoisotopic (exact) mass is 311 g/mol. The predicted molar refractivity (Wildman–Crippen MR) is 87.5 cm³/mol. The molecule has 0 amide bonds. The number of ketones is 1. The van der Waals surface area contributed by atoms with E-state index in [1.165, 1.54) is 6.08 Å². The van der Waals surface area contributed by atoms with Crippen LogP contribution in [0.4, 0.5) is 5.69 Å². The first-order chi connectivity index (χ1) is 11.3. The van der Waals surface area contributed by atoms with Crippen molar-refractivity contribution in [3.05, 3.63) is 60.3 Å². The van der Waals surface area contributed by atoms with Crippen LogP contribution in [0.5, 0.6) is 17.2 Å². The molecule has 1 N–H and O–H groups in total. The Bertz CT molecular complexity index is 722. The molecule has 2 aromatic carbocycles. The van der Waals surface area contributed by atoms with Gasteiger partial charge in [-0.15, -0.1) is 0 Å². The number of allylic oxidation sites excluding steroid dienone is 1. The van der Waals surface area contributed by atoms with E-state index in [4.69, 9.17) is 14.2 Å². The van der Waals surface area contributed by atoms with E-state index >= 15 is 0 Å². The Labute approximate surface area is 134 Å². The Kier molecular flexibility index (Phi) is 4.47. The van der Waals surface area contributed by atoms with Crippen LogP contribution >= 0.6 is 0 Å². The largest absolute Gasteiger partial charge is 0.497 e. The zero-order valence-corrected chi connectivity index (χ0v) is 12.7. The third kappa shape index (κ3) is 3.63. The minimum atomic E-state index is -0.0855. The second kappa shape index (κ2) is 6.87. The van der Waals surface area contributed by atoms with Gasteiger partial charge in [-0.1, -0.05) is 0 Å². The number of ether oxygens (including phenoxy) is 3. The molecule has 1 aliphatic heterocycles. The van der Waals surface area contributed by atoms with Gasteiger partial charge in [0.25, 0.3) is 0 Å². The number of hydrogen-bond acceptors (Lipinski definition) is 5. The van der Waals surface area contributed by atoms with Gasteiger partial charge in [0.1, 0.15) is 19.0 Å². The van der Waals surface area contributed by atoms with Crippen LogP contribution in [0.25, 0.3) is 0 Å². The zero-order chi connectivity index (χ0) is 16.1. The number of carbonyl (C=O) groups excluding carboxylic acids is 1. The van der Waals surface area contributed by atoms with Crippen molar-refractivity contribution in [3.8, 4) is 17.2 Å². The lowest BCUT2D eigenvalue weighted by atomic mass is 10.1. The first-order valence-electron chi connectivity index (χ1n) is 7.27. The first kappa shape index (κ1) is 15.0. The Morgan fingerprint density at radius 1 is 1.09 bits per heavy atom. The summed E-state index contributed by atoms with van der Waals surface area (Å²) in [5, 5.41) is 3.06. The van der Waals surface area contributed by atoms with Crippen molar-refractivity contribution in [2.24, 2.45) is 0 Å². The summed E-state index contributed by atoms with van der Waals surface area (Å²) in [6, 6.07) is 12.5. The Morgan fingerprint density at radius 3 is 2.57 bits per heavy atom. The molecule has 1 heterocycles. The molecule has 0 fully saturated rings. The standard InChI is InChI=1S/C18H17NO4/c1-21-15-5-2-13(3-6-15)16(20)8-9-19-14-4-7-17-18(12-14)23-11-10-22-17/h2-9,12,19H,10-11H2,1H3. The molecule has 0 unspecified atom stereocenters.